The number of pyridine rings is 1. The van der Waals surface area contributed by atoms with Gasteiger partial charge in [0.05, 0.1) is 30.1 Å². The number of phosphoric acid groups is 1. The number of H-pyrrole nitrogens is 1. The number of amides is 1. The van der Waals surface area contributed by atoms with Crippen molar-refractivity contribution in [3.8, 4) is 17.6 Å². The summed E-state index contributed by atoms with van der Waals surface area (Å²) in [6.45, 7) is 1.75. The molecule has 0 saturated carbocycles. The summed E-state index contributed by atoms with van der Waals surface area (Å²) < 4.78 is 20.7. The van der Waals surface area contributed by atoms with Gasteiger partial charge in [0.25, 0.3) is 0 Å². The van der Waals surface area contributed by atoms with E-state index in [0.717, 1.165) is 11.8 Å². The van der Waals surface area contributed by atoms with Gasteiger partial charge in [0, 0.05) is 17.3 Å². The number of nitriles is 1. The van der Waals surface area contributed by atoms with Crippen LogP contribution in [0.2, 0.25) is 0 Å². The number of anilines is 1. The lowest BCUT2D eigenvalue weighted by molar-refractivity contribution is -0.113. The number of thioether (sulfide) groups is 1. The lowest BCUT2D eigenvalue weighted by Gasteiger charge is -2.13. The molecule has 3 rings (SSSR count). The quantitative estimate of drug-likeness (QED) is 0.310. The fourth-order valence-electron chi connectivity index (χ4n) is 2.55. The van der Waals surface area contributed by atoms with Crippen molar-refractivity contribution in [2.24, 2.45) is 0 Å². The number of benzene rings is 1. The highest BCUT2D eigenvalue weighted by molar-refractivity contribution is 7.99. The van der Waals surface area contributed by atoms with Gasteiger partial charge < -0.3 is 19.6 Å². The Hall–Kier alpha value is -3.10. The number of hydrogen-bond donors (Lipinski definition) is 4. The van der Waals surface area contributed by atoms with Gasteiger partial charge in [-0.15, -0.1) is 0 Å². The van der Waals surface area contributed by atoms with Crippen molar-refractivity contribution >= 4 is 42.2 Å². The number of imidazole rings is 1. The summed E-state index contributed by atoms with van der Waals surface area (Å²) in [6.07, 6.45) is 1.51. The van der Waals surface area contributed by atoms with Crippen molar-refractivity contribution in [2.75, 3.05) is 18.2 Å². The van der Waals surface area contributed by atoms with Crippen LogP contribution in [0.5, 0.6) is 11.5 Å². The largest absolute Gasteiger partial charge is 0.524 e. The maximum absolute atomic E-state index is 12.3. The molecular formula is C17H16N5O6PS. The second kappa shape index (κ2) is 8.73. The zero-order valence-electron chi connectivity index (χ0n) is 15.7. The number of carbonyl (C=O) groups excluding carboxylic acids is 1. The predicted molar refractivity (Wildman–Crippen MR) is 108 cm³/mol. The van der Waals surface area contributed by atoms with E-state index in [0.29, 0.717) is 21.8 Å². The van der Waals surface area contributed by atoms with Gasteiger partial charge in [-0.1, -0.05) is 11.8 Å². The van der Waals surface area contributed by atoms with Crippen molar-refractivity contribution < 1.29 is 28.4 Å². The first-order valence-corrected chi connectivity index (χ1v) is 10.8. The number of fused-ring (bicyclic) bond motifs is 1. The van der Waals surface area contributed by atoms with Gasteiger partial charge in [0.1, 0.15) is 11.8 Å². The Balaban J connectivity index is 1.68. The van der Waals surface area contributed by atoms with E-state index in [9.17, 15) is 9.36 Å². The second-order valence-corrected chi connectivity index (χ2v) is 8.06. The van der Waals surface area contributed by atoms with Crippen molar-refractivity contribution in [2.45, 2.75) is 12.1 Å². The molecule has 2 aromatic heterocycles. The molecule has 1 amide bonds. The molecule has 2 heterocycles. The Kier molecular flexibility index (Phi) is 6.28. The van der Waals surface area contributed by atoms with E-state index in [2.05, 4.69) is 24.8 Å². The molecule has 11 nitrogen and oxygen atoms in total. The maximum atomic E-state index is 12.3. The molecule has 0 spiro atoms. The Morgan fingerprint density at radius 2 is 2.17 bits per heavy atom. The number of carbonyl (C=O) groups is 1. The Morgan fingerprint density at radius 1 is 1.40 bits per heavy atom. The molecule has 30 heavy (non-hydrogen) atoms. The van der Waals surface area contributed by atoms with Crippen LogP contribution in [0.1, 0.15) is 11.3 Å². The number of methoxy groups -OCH3 is 1. The summed E-state index contributed by atoms with van der Waals surface area (Å²) in [4.78, 5) is 41.7. The van der Waals surface area contributed by atoms with E-state index in [1.54, 1.807) is 6.92 Å². The molecule has 0 aliphatic rings. The molecule has 4 N–H and O–H groups in total. The van der Waals surface area contributed by atoms with E-state index in [4.69, 9.17) is 19.8 Å². The van der Waals surface area contributed by atoms with Crippen LogP contribution in [0, 0.1) is 18.3 Å². The minimum Gasteiger partial charge on any atom is -0.493 e. The van der Waals surface area contributed by atoms with Crippen LogP contribution < -0.4 is 14.6 Å². The summed E-state index contributed by atoms with van der Waals surface area (Å²) in [7, 11) is -3.47. The van der Waals surface area contributed by atoms with E-state index in [1.165, 1.54) is 31.5 Å². The van der Waals surface area contributed by atoms with Gasteiger partial charge >= 0.3 is 7.82 Å². The molecule has 0 radical (unpaired) electrons. The van der Waals surface area contributed by atoms with Crippen molar-refractivity contribution in [3.05, 3.63) is 35.7 Å². The number of phosphoric ester groups is 1. The maximum Gasteiger partial charge on any atom is 0.524 e. The predicted octanol–water partition coefficient (Wildman–Crippen LogP) is 2.35. The van der Waals surface area contributed by atoms with E-state index < -0.39 is 7.82 Å². The highest BCUT2D eigenvalue weighted by Crippen LogP contribution is 2.43. The van der Waals surface area contributed by atoms with Gasteiger partial charge in [-0.3, -0.25) is 14.6 Å². The normalized spacial score (nSPS) is 11.2. The summed E-state index contributed by atoms with van der Waals surface area (Å²) in [5, 5.41) is 12.1. The topological polar surface area (TPSA) is 170 Å². The molecule has 156 valence electrons. The number of hydrogen-bond acceptors (Lipinski definition) is 8. The molecule has 3 aromatic rings. The molecule has 0 aliphatic heterocycles. The van der Waals surface area contributed by atoms with Gasteiger partial charge in [-0.05, 0) is 19.1 Å². The lowest BCUT2D eigenvalue weighted by Crippen LogP contribution is -2.14. The molecule has 0 unspecified atom stereocenters. The molecule has 0 saturated heterocycles. The number of ether oxygens (including phenoxy) is 1. The van der Waals surface area contributed by atoms with E-state index in [-0.39, 0.29) is 34.5 Å². The van der Waals surface area contributed by atoms with Gasteiger partial charge in [0.15, 0.2) is 16.7 Å². The van der Waals surface area contributed by atoms with E-state index >= 15 is 0 Å². The average Bonchev–Trinajstić information content (AvgIpc) is 3.10. The number of nitrogens with zero attached hydrogens (tertiary/aromatic N) is 3. The first-order chi connectivity index (χ1) is 14.2. The summed E-state index contributed by atoms with van der Waals surface area (Å²) in [6, 6.07) is 6.17. The fraction of sp³-hybridized carbons (Fsp3) is 0.176. The minimum absolute atomic E-state index is 0.0120. The van der Waals surface area contributed by atoms with E-state index in [1.807, 2.05) is 6.07 Å². The summed E-state index contributed by atoms with van der Waals surface area (Å²) in [5.74, 6) is -0.461. The zero-order valence-corrected chi connectivity index (χ0v) is 17.5. The monoisotopic (exact) mass is 449 g/mol. The van der Waals surface area contributed by atoms with Crippen molar-refractivity contribution in [3.63, 3.8) is 0 Å². The number of aromatic nitrogens is 3. The van der Waals surface area contributed by atoms with Gasteiger partial charge in [-0.25, -0.2) is 14.5 Å². The second-order valence-electron chi connectivity index (χ2n) is 5.93. The number of aryl methyl sites for hydroxylation is 1. The highest BCUT2D eigenvalue weighted by atomic mass is 32.2. The number of rotatable bonds is 7. The highest BCUT2D eigenvalue weighted by Gasteiger charge is 2.20. The lowest BCUT2D eigenvalue weighted by atomic mass is 10.2. The van der Waals surface area contributed by atoms with Gasteiger partial charge in [0.2, 0.25) is 5.91 Å². The molecule has 0 fully saturated rings. The SMILES string of the molecule is COc1ccc(NC(=O)CSc2nc3c(C)c(C#N)ncc3[nH]2)cc1OP(=O)(O)O. The first-order valence-electron chi connectivity index (χ1n) is 8.31. The van der Waals surface area contributed by atoms with Crippen molar-refractivity contribution in [1.29, 1.82) is 5.26 Å². The summed E-state index contributed by atoms with van der Waals surface area (Å²) >= 11 is 1.15. The van der Waals surface area contributed by atoms with Crippen LogP contribution >= 0.6 is 19.6 Å². The average molecular weight is 449 g/mol. The van der Waals surface area contributed by atoms with Crippen LogP contribution in [0.15, 0.2) is 29.6 Å². The van der Waals surface area contributed by atoms with Crippen molar-refractivity contribution in [1.82, 2.24) is 15.0 Å². The molecule has 13 heteroatoms. The van der Waals surface area contributed by atoms with Crippen LogP contribution in [0.3, 0.4) is 0 Å². The third kappa shape index (κ3) is 5.08. The molecule has 0 aliphatic carbocycles. The Morgan fingerprint density at radius 3 is 2.83 bits per heavy atom. The molecule has 0 bridgehead atoms. The smallest absolute Gasteiger partial charge is 0.493 e. The molecular weight excluding hydrogens is 433 g/mol. The standard InChI is InChI=1S/C17H16N5O6PS/c1-9-11(6-18)19-7-12-16(9)22-17(21-12)30-8-15(23)20-10-3-4-13(27-2)14(5-10)28-29(24,25)26/h3-5,7H,8H2,1-2H3,(H,20,23)(H,21,22)(H2,24,25,26). The van der Waals surface area contributed by atoms with Crippen LogP contribution in [-0.2, 0) is 9.36 Å². The summed E-state index contributed by atoms with van der Waals surface area (Å²) in [5.41, 5.74) is 2.48. The zero-order chi connectivity index (χ0) is 21.9. The van der Waals surface area contributed by atoms with Crippen LogP contribution in [-0.4, -0.2) is 43.5 Å². The number of aromatic amines is 1. The first kappa shape index (κ1) is 21.6. The van der Waals surface area contributed by atoms with Crippen LogP contribution in [0.25, 0.3) is 11.0 Å². The Labute approximate surface area is 174 Å². The van der Waals surface area contributed by atoms with Gasteiger partial charge in [-0.2, -0.15) is 5.26 Å². The third-order valence-corrected chi connectivity index (χ3v) is 5.16. The minimum atomic E-state index is -4.79. The number of nitrogens with one attached hydrogen (secondary N) is 2. The third-order valence-electron chi connectivity index (χ3n) is 3.85. The Bertz CT molecular complexity index is 1200. The molecule has 1 aromatic carbocycles. The molecule has 0 atom stereocenters. The van der Waals surface area contributed by atoms with Crippen LogP contribution in [0.4, 0.5) is 5.69 Å². The fourth-order valence-corrected chi connectivity index (χ4v) is 3.62.